The van der Waals surface area contributed by atoms with Gasteiger partial charge >= 0.3 is 0 Å². The van der Waals surface area contributed by atoms with Gasteiger partial charge in [0, 0.05) is 6.54 Å². The van der Waals surface area contributed by atoms with E-state index in [1.54, 1.807) is 0 Å². The van der Waals surface area contributed by atoms with Gasteiger partial charge in [0.05, 0.1) is 18.8 Å². The number of nitrogens with zero attached hydrogens (tertiary/aromatic N) is 1. The fourth-order valence-electron chi connectivity index (χ4n) is 1.83. The van der Waals surface area contributed by atoms with E-state index in [2.05, 4.69) is 43.4 Å². The molecule has 14 heavy (non-hydrogen) atoms. The third-order valence-electron chi connectivity index (χ3n) is 2.72. The van der Waals surface area contributed by atoms with Crippen LogP contribution in [0.2, 0.25) is 0 Å². The number of morpholine rings is 1. The lowest BCUT2D eigenvalue weighted by atomic mass is 9.91. The number of rotatable bonds is 1. The van der Waals surface area contributed by atoms with Crippen LogP contribution in [0, 0.1) is 6.92 Å². The smallest absolute Gasteiger partial charge is 0.0811 e. The number of benzene rings is 1. The Kier molecular flexibility index (Phi) is 2.57. The first-order chi connectivity index (χ1) is 6.71. The van der Waals surface area contributed by atoms with E-state index in [1.165, 1.54) is 11.1 Å². The highest BCUT2D eigenvalue weighted by Crippen LogP contribution is 2.25. The minimum atomic E-state index is -0.135. The summed E-state index contributed by atoms with van der Waals surface area (Å²) in [6.07, 6.45) is 0. The molecule has 1 atom stereocenters. The molecule has 1 heterocycles. The van der Waals surface area contributed by atoms with E-state index in [4.69, 9.17) is 4.74 Å². The molecule has 2 nitrogen and oxygen atoms in total. The van der Waals surface area contributed by atoms with Gasteiger partial charge in [0.15, 0.2) is 0 Å². The van der Waals surface area contributed by atoms with Crippen molar-refractivity contribution >= 4 is 0 Å². The van der Waals surface area contributed by atoms with Gasteiger partial charge in [0.1, 0.15) is 0 Å². The van der Waals surface area contributed by atoms with Gasteiger partial charge in [-0.1, -0.05) is 29.8 Å². The molecule has 1 radical (unpaired) electrons. The quantitative estimate of drug-likeness (QED) is 0.662. The molecule has 2 heteroatoms. The van der Waals surface area contributed by atoms with Crippen molar-refractivity contribution in [3.05, 3.63) is 35.4 Å². The molecule has 1 aliphatic rings. The van der Waals surface area contributed by atoms with Gasteiger partial charge in [-0.15, -0.1) is 0 Å². The number of aryl methyl sites for hydroxylation is 1. The van der Waals surface area contributed by atoms with Crippen molar-refractivity contribution in [1.29, 1.82) is 0 Å². The van der Waals surface area contributed by atoms with E-state index in [1.807, 2.05) is 0 Å². The summed E-state index contributed by atoms with van der Waals surface area (Å²) < 4.78 is 5.49. The Morgan fingerprint density at radius 1 is 1.43 bits per heavy atom. The highest BCUT2D eigenvalue weighted by atomic mass is 16.5. The summed E-state index contributed by atoms with van der Waals surface area (Å²) in [7, 11) is 0. The molecule has 0 aliphatic carbocycles. The van der Waals surface area contributed by atoms with Crippen molar-refractivity contribution < 1.29 is 4.74 Å². The predicted molar refractivity (Wildman–Crippen MR) is 56.4 cm³/mol. The summed E-state index contributed by atoms with van der Waals surface area (Å²) in [6.45, 7) is 6.53. The molecule has 1 unspecified atom stereocenters. The van der Waals surface area contributed by atoms with Gasteiger partial charge in [-0.05, 0) is 19.4 Å². The molecule has 0 aromatic heterocycles. The summed E-state index contributed by atoms with van der Waals surface area (Å²) in [5.41, 5.74) is 2.41. The largest absolute Gasteiger partial charge is 0.378 e. The Morgan fingerprint density at radius 3 is 2.93 bits per heavy atom. The first-order valence-electron chi connectivity index (χ1n) is 5.04. The van der Waals surface area contributed by atoms with Crippen LogP contribution < -0.4 is 5.32 Å². The van der Waals surface area contributed by atoms with E-state index in [-0.39, 0.29) is 5.54 Å². The number of ether oxygens (including phenoxy) is 1. The van der Waals surface area contributed by atoms with Crippen molar-refractivity contribution in [3.8, 4) is 0 Å². The molecule has 1 fully saturated rings. The van der Waals surface area contributed by atoms with E-state index in [9.17, 15) is 0 Å². The minimum Gasteiger partial charge on any atom is -0.378 e. The fourth-order valence-corrected chi connectivity index (χ4v) is 1.83. The lowest BCUT2D eigenvalue weighted by Gasteiger charge is -2.33. The number of hydrogen-bond acceptors (Lipinski definition) is 1. The molecule has 2 rings (SSSR count). The molecule has 1 aromatic rings. The van der Waals surface area contributed by atoms with Crippen LogP contribution in [0.1, 0.15) is 18.1 Å². The molecular formula is C12H16NO. The van der Waals surface area contributed by atoms with Gasteiger partial charge in [-0.2, -0.15) is 0 Å². The fraction of sp³-hybridized carbons (Fsp3) is 0.500. The van der Waals surface area contributed by atoms with Crippen molar-refractivity contribution in [2.45, 2.75) is 19.4 Å². The standard InChI is InChI=1S/C12H16NO/c1-10-4-3-5-11(8-10)12(2)9-14-7-6-13-12/h3-5,8H,6-7,9H2,1-2H3. The monoisotopic (exact) mass is 190 g/mol. The summed E-state index contributed by atoms with van der Waals surface area (Å²) in [5.74, 6) is 0. The highest BCUT2D eigenvalue weighted by Gasteiger charge is 2.30. The maximum Gasteiger partial charge on any atom is 0.0811 e. The minimum absolute atomic E-state index is 0.135. The van der Waals surface area contributed by atoms with Crippen LogP contribution in [0.5, 0.6) is 0 Å². The second-order valence-electron chi connectivity index (χ2n) is 4.08. The zero-order valence-corrected chi connectivity index (χ0v) is 8.79. The Bertz CT molecular complexity index is 316. The Labute approximate surface area is 85.3 Å². The topological polar surface area (TPSA) is 23.3 Å². The van der Waals surface area contributed by atoms with Crippen molar-refractivity contribution in [2.24, 2.45) is 0 Å². The van der Waals surface area contributed by atoms with Crippen LogP contribution in [0.3, 0.4) is 0 Å². The normalized spacial score (nSPS) is 27.6. The third kappa shape index (κ3) is 1.81. The summed E-state index contributed by atoms with van der Waals surface area (Å²) >= 11 is 0. The van der Waals surface area contributed by atoms with Gasteiger partial charge < -0.3 is 4.74 Å². The maximum absolute atomic E-state index is 5.49. The SMILES string of the molecule is Cc1cccc(C2(C)COCC[N]2)c1. The molecule has 0 bridgehead atoms. The third-order valence-corrected chi connectivity index (χ3v) is 2.72. The van der Waals surface area contributed by atoms with Gasteiger partial charge in [-0.25, -0.2) is 5.32 Å². The van der Waals surface area contributed by atoms with Crippen molar-refractivity contribution in [3.63, 3.8) is 0 Å². The van der Waals surface area contributed by atoms with Crippen LogP contribution in [0.25, 0.3) is 0 Å². The van der Waals surface area contributed by atoms with Gasteiger partial charge in [0.25, 0.3) is 0 Å². The molecule has 1 aliphatic heterocycles. The zero-order valence-electron chi connectivity index (χ0n) is 8.79. The van der Waals surface area contributed by atoms with Gasteiger partial charge in [0.2, 0.25) is 0 Å². The van der Waals surface area contributed by atoms with Gasteiger partial charge in [-0.3, -0.25) is 0 Å². The Morgan fingerprint density at radius 2 is 2.29 bits per heavy atom. The molecule has 0 spiro atoms. The number of hydrogen-bond donors (Lipinski definition) is 0. The molecule has 75 valence electrons. The van der Waals surface area contributed by atoms with Crippen molar-refractivity contribution in [2.75, 3.05) is 19.8 Å². The van der Waals surface area contributed by atoms with E-state index < -0.39 is 0 Å². The lowest BCUT2D eigenvalue weighted by molar-refractivity contribution is 0.0309. The predicted octanol–water partition coefficient (Wildman–Crippen LogP) is 1.84. The second kappa shape index (κ2) is 3.71. The average molecular weight is 190 g/mol. The van der Waals surface area contributed by atoms with Crippen LogP contribution >= 0.6 is 0 Å². The first-order valence-corrected chi connectivity index (χ1v) is 5.04. The highest BCUT2D eigenvalue weighted by molar-refractivity contribution is 5.28. The molecule has 0 saturated carbocycles. The Balaban J connectivity index is 2.28. The van der Waals surface area contributed by atoms with Crippen LogP contribution in [0.4, 0.5) is 0 Å². The maximum atomic E-state index is 5.49. The summed E-state index contributed by atoms with van der Waals surface area (Å²) in [4.78, 5) is 0. The Hall–Kier alpha value is -0.860. The first kappa shape index (κ1) is 9.69. The molecule has 0 N–H and O–H groups in total. The summed E-state index contributed by atoms with van der Waals surface area (Å²) in [6, 6.07) is 8.51. The van der Waals surface area contributed by atoms with E-state index in [0.29, 0.717) is 6.61 Å². The zero-order chi connectivity index (χ0) is 10.0. The lowest BCUT2D eigenvalue weighted by Crippen LogP contribution is -2.44. The molecular weight excluding hydrogens is 174 g/mol. The van der Waals surface area contributed by atoms with E-state index in [0.717, 1.165) is 13.2 Å². The average Bonchev–Trinajstić information content (AvgIpc) is 2.19. The molecule has 1 aromatic carbocycles. The summed E-state index contributed by atoms with van der Waals surface area (Å²) in [5, 5.41) is 4.65. The van der Waals surface area contributed by atoms with Crippen LogP contribution in [-0.2, 0) is 10.3 Å². The van der Waals surface area contributed by atoms with Crippen LogP contribution in [-0.4, -0.2) is 19.8 Å². The van der Waals surface area contributed by atoms with E-state index >= 15 is 0 Å². The molecule has 0 amide bonds. The van der Waals surface area contributed by atoms with Crippen LogP contribution in [0.15, 0.2) is 24.3 Å². The molecule has 1 saturated heterocycles. The second-order valence-corrected chi connectivity index (χ2v) is 4.08. The van der Waals surface area contributed by atoms with Crippen molar-refractivity contribution in [1.82, 2.24) is 5.32 Å².